The van der Waals surface area contributed by atoms with Crippen LogP contribution >= 0.6 is 0 Å². The van der Waals surface area contributed by atoms with Gasteiger partial charge in [0.2, 0.25) is 0 Å². The Bertz CT molecular complexity index is 824. The predicted molar refractivity (Wildman–Crippen MR) is 110 cm³/mol. The zero-order valence-corrected chi connectivity index (χ0v) is 16.3. The Kier molecular flexibility index (Phi) is 6.12. The standard InChI is InChI=1S/C24H27NO2/c1-4-21-16-22(20-14-10-7-11-15-20)23(24(26)27-5-2)17-25(21)18(3)19-12-8-6-9-13-19/h6-18,21H,4-5H2,1-3H3/t18-,21?/m0/s1. The number of esters is 1. The highest BCUT2D eigenvalue weighted by molar-refractivity contribution is 6.06. The van der Waals surface area contributed by atoms with Crippen molar-refractivity contribution in [1.82, 2.24) is 4.90 Å². The molecule has 1 heterocycles. The fourth-order valence-electron chi connectivity index (χ4n) is 3.55. The van der Waals surface area contributed by atoms with Gasteiger partial charge in [0, 0.05) is 12.2 Å². The molecular weight excluding hydrogens is 334 g/mol. The van der Waals surface area contributed by atoms with Gasteiger partial charge in [0.05, 0.1) is 18.2 Å². The van der Waals surface area contributed by atoms with Gasteiger partial charge >= 0.3 is 5.97 Å². The van der Waals surface area contributed by atoms with E-state index in [2.05, 4.69) is 49.1 Å². The molecule has 0 saturated heterocycles. The second kappa shape index (κ2) is 8.72. The molecule has 0 amide bonds. The zero-order chi connectivity index (χ0) is 19.2. The third-order valence-electron chi connectivity index (χ3n) is 5.04. The maximum absolute atomic E-state index is 12.7. The Morgan fingerprint density at radius 2 is 1.67 bits per heavy atom. The summed E-state index contributed by atoms with van der Waals surface area (Å²) in [7, 11) is 0. The summed E-state index contributed by atoms with van der Waals surface area (Å²) >= 11 is 0. The van der Waals surface area contributed by atoms with E-state index < -0.39 is 0 Å². The van der Waals surface area contributed by atoms with Gasteiger partial charge in [-0.2, -0.15) is 0 Å². The summed E-state index contributed by atoms with van der Waals surface area (Å²) in [5.74, 6) is -0.271. The van der Waals surface area contributed by atoms with Gasteiger partial charge in [-0.25, -0.2) is 4.79 Å². The number of hydrogen-bond acceptors (Lipinski definition) is 3. The second-order valence-corrected chi connectivity index (χ2v) is 6.72. The van der Waals surface area contributed by atoms with Gasteiger partial charge in [-0.3, -0.25) is 0 Å². The molecule has 0 spiro atoms. The Labute approximate surface area is 162 Å². The highest BCUT2D eigenvalue weighted by atomic mass is 16.5. The number of carbonyl (C=O) groups excluding carboxylic acids is 1. The third-order valence-corrected chi connectivity index (χ3v) is 5.04. The lowest BCUT2D eigenvalue weighted by Gasteiger charge is -2.38. The van der Waals surface area contributed by atoms with Crippen molar-refractivity contribution in [2.75, 3.05) is 6.61 Å². The quantitative estimate of drug-likeness (QED) is 0.648. The second-order valence-electron chi connectivity index (χ2n) is 6.72. The molecule has 27 heavy (non-hydrogen) atoms. The topological polar surface area (TPSA) is 29.5 Å². The van der Waals surface area contributed by atoms with Crippen LogP contribution in [0.3, 0.4) is 0 Å². The monoisotopic (exact) mass is 361 g/mol. The first-order valence-corrected chi connectivity index (χ1v) is 9.64. The molecule has 3 nitrogen and oxygen atoms in total. The molecule has 1 unspecified atom stereocenters. The van der Waals surface area contributed by atoms with Crippen LogP contribution in [0.2, 0.25) is 0 Å². The molecule has 0 radical (unpaired) electrons. The summed E-state index contributed by atoms with van der Waals surface area (Å²) in [6.07, 6.45) is 5.16. The first-order valence-electron chi connectivity index (χ1n) is 9.64. The Balaban J connectivity index is 2.03. The van der Waals surface area contributed by atoms with Crippen LogP contribution in [0.15, 0.2) is 78.5 Å². The average Bonchev–Trinajstić information content (AvgIpc) is 2.73. The van der Waals surface area contributed by atoms with Gasteiger partial charge in [0.1, 0.15) is 0 Å². The average molecular weight is 361 g/mol. The van der Waals surface area contributed by atoms with Crippen LogP contribution in [0.4, 0.5) is 0 Å². The molecule has 2 aromatic carbocycles. The number of nitrogens with zero attached hydrogens (tertiary/aromatic N) is 1. The predicted octanol–water partition coefficient (Wildman–Crippen LogP) is 5.37. The molecule has 3 heteroatoms. The number of rotatable bonds is 6. The van der Waals surface area contributed by atoms with E-state index in [9.17, 15) is 4.79 Å². The number of ether oxygens (including phenoxy) is 1. The molecule has 0 bridgehead atoms. The largest absolute Gasteiger partial charge is 0.462 e. The number of hydrogen-bond donors (Lipinski definition) is 0. The van der Waals surface area contributed by atoms with Crippen molar-refractivity contribution in [2.24, 2.45) is 0 Å². The lowest BCUT2D eigenvalue weighted by atomic mass is 9.90. The van der Waals surface area contributed by atoms with Crippen molar-refractivity contribution >= 4 is 11.5 Å². The first-order chi connectivity index (χ1) is 13.2. The maximum Gasteiger partial charge on any atom is 0.340 e. The van der Waals surface area contributed by atoms with E-state index in [1.807, 2.05) is 49.5 Å². The highest BCUT2D eigenvalue weighted by Crippen LogP contribution is 2.35. The lowest BCUT2D eigenvalue weighted by molar-refractivity contribution is -0.138. The van der Waals surface area contributed by atoms with Gasteiger partial charge in [0.15, 0.2) is 0 Å². The molecule has 1 aliphatic rings. The number of benzene rings is 2. The molecule has 3 rings (SSSR count). The zero-order valence-electron chi connectivity index (χ0n) is 16.3. The highest BCUT2D eigenvalue weighted by Gasteiger charge is 2.29. The van der Waals surface area contributed by atoms with Crippen molar-refractivity contribution in [3.05, 3.63) is 89.6 Å². The summed E-state index contributed by atoms with van der Waals surface area (Å²) in [4.78, 5) is 15.0. The Morgan fingerprint density at radius 1 is 1.04 bits per heavy atom. The van der Waals surface area contributed by atoms with E-state index >= 15 is 0 Å². The summed E-state index contributed by atoms with van der Waals surface area (Å²) in [5.41, 5.74) is 3.85. The summed E-state index contributed by atoms with van der Waals surface area (Å²) in [5, 5.41) is 0. The molecule has 1 aliphatic heterocycles. The maximum atomic E-state index is 12.7. The molecule has 0 aliphatic carbocycles. The van der Waals surface area contributed by atoms with Crippen LogP contribution in [-0.2, 0) is 9.53 Å². The van der Waals surface area contributed by atoms with Crippen LogP contribution < -0.4 is 0 Å². The van der Waals surface area contributed by atoms with Crippen molar-refractivity contribution in [3.8, 4) is 0 Å². The Hall–Kier alpha value is -2.81. The third kappa shape index (κ3) is 4.13. The molecular formula is C24H27NO2. The molecule has 140 valence electrons. The van der Waals surface area contributed by atoms with Crippen molar-refractivity contribution < 1.29 is 9.53 Å². The van der Waals surface area contributed by atoms with Gasteiger partial charge in [-0.1, -0.05) is 73.7 Å². The summed E-state index contributed by atoms with van der Waals surface area (Å²) in [6.45, 7) is 6.56. The summed E-state index contributed by atoms with van der Waals surface area (Å²) < 4.78 is 5.36. The fraction of sp³-hybridized carbons (Fsp3) is 0.292. The summed E-state index contributed by atoms with van der Waals surface area (Å²) in [6, 6.07) is 20.8. The van der Waals surface area contributed by atoms with Gasteiger partial charge in [0.25, 0.3) is 0 Å². The van der Waals surface area contributed by atoms with Crippen molar-refractivity contribution in [2.45, 2.75) is 39.3 Å². The molecule has 0 N–H and O–H groups in total. The molecule has 0 aromatic heterocycles. The van der Waals surface area contributed by atoms with Crippen LogP contribution in [0.1, 0.15) is 44.4 Å². The minimum atomic E-state index is -0.271. The first kappa shape index (κ1) is 19.0. The molecule has 2 aromatic rings. The normalized spacial score (nSPS) is 17.7. The van der Waals surface area contributed by atoms with Crippen molar-refractivity contribution in [3.63, 3.8) is 0 Å². The number of carbonyl (C=O) groups is 1. The van der Waals surface area contributed by atoms with E-state index in [0.29, 0.717) is 12.2 Å². The van der Waals surface area contributed by atoms with Gasteiger partial charge in [-0.15, -0.1) is 0 Å². The minimum Gasteiger partial charge on any atom is -0.462 e. The van der Waals surface area contributed by atoms with E-state index in [1.165, 1.54) is 5.56 Å². The van der Waals surface area contributed by atoms with Gasteiger partial charge < -0.3 is 9.64 Å². The minimum absolute atomic E-state index is 0.161. The SMILES string of the molecule is CCOC(=O)C1=CN([C@@H](C)c2ccccc2)C(CC)C=C1c1ccccc1. The smallest absolute Gasteiger partial charge is 0.340 e. The van der Waals surface area contributed by atoms with Gasteiger partial charge in [-0.05, 0) is 37.0 Å². The molecule has 0 fully saturated rings. The van der Waals surface area contributed by atoms with E-state index in [-0.39, 0.29) is 18.1 Å². The lowest BCUT2D eigenvalue weighted by Crippen LogP contribution is -2.35. The van der Waals surface area contributed by atoms with E-state index in [4.69, 9.17) is 4.74 Å². The molecule has 0 saturated carbocycles. The molecule has 2 atom stereocenters. The van der Waals surface area contributed by atoms with Crippen molar-refractivity contribution in [1.29, 1.82) is 0 Å². The van der Waals surface area contributed by atoms with Crippen LogP contribution in [0.25, 0.3) is 5.57 Å². The Morgan fingerprint density at radius 3 is 2.26 bits per heavy atom. The van der Waals surface area contributed by atoms with E-state index in [0.717, 1.165) is 17.6 Å². The fourth-order valence-corrected chi connectivity index (χ4v) is 3.55. The van der Waals surface area contributed by atoms with Crippen LogP contribution in [0, 0.1) is 0 Å². The van der Waals surface area contributed by atoms with Crippen LogP contribution in [-0.4, -0.2) is 23.5 Å². The van der Waals surface area contributed by atoms with Crippen LogP contribution in [0.5, 0.6) is 0 Å². The van der Waals surface area contributed by atoms with E-state index in [1.54, 1.807) is 0 Å².